The predicted octanol–water partition coefficient (Wildman–Crippen LogP) is 1.31. The van der Waals surface area contributed by atoms with Crippen LogP contribution in [0.5, 0.6) is 0 Å². The summed E-state index contributed by atoms with van der Waals surface area (Å²) in [5, 5.41) is 2.97. The Hall–Kier alpha value is -0.530. The van der Waals surface area contributed by atoms with E-state index in [1.165, 1.54) is 25.7 Å². The van der Waals surface area contributed by atoms with E-state index in [9.17, 15) is 4.79 Å². The maximum Gasteiger partial charge on any atom is 0.207 e. The molecule has 1 unspecified atom stereocenters. The molecule has 0 aromatic rings. The first-order chi connectivity index (χ1) is 5.28. The Morgan fingerprint density at radius 3 is 2.55 bits per heavy atom. The van der Waals surface area contributed by atoms with Crippen LogP contribution < -0.4 is 5.32 Å². The Morgan fingerprint density at radius 1 is 1.55 bits per heavy atom. The molecule has 0 spiro atoms. The minimum absolute atomic E-state index is 0.225. The molecule has 2 aliphatic rings. The van der Waals surface area contributed by atoms with Gasteiger partial charge in [0.25, 0.3) is 0 Å². The van der Waals surface area contributed by atoms with Crippen molar-refractivity contribution >= 4 is 6.41 Å². The highest BCUT2D eigenvalue weighted by atomic mass is 16.1. The number of rotatable bonds is 4. The molecule has 0 aromatic carbocycles. The molecule has 0 aromatic heterocycles. The standard InChI is InChI=1S/C9H15NO/c1-7(8-2-3-8)9(4-5-9)10-6-11/h6-8H,2-5H2,1H3,(H,10,11). The van der Waals surface area contributed by atoms with Crippen LogP contribution in [-0.4, -0.2) is 11.9 Å². The predicted molar refractivity (Wildman–Crippen MR) is 43.1 cm³/mol. The molecule has 1 atom stereocenters. The van der Waals surface area contributed by atoms with Crippen molar-refractivity contribution in [1.82, 2.24) is 5.32 Å². The third-order valence-corrected chi connectivity index (χ3v) is 3.34. The lowest BCUT2D eigenvalue weighted by atomic mass is 9.94. The average Bonchev–Trinajstić information content (AvgIpc) is 2.84. The second-order valence-electron chi connectivity index (χ2n) is 4.04. The van der Waals surface area contributed by atoms with Crippen molar-refractivity contribution in [2.75, 3.05) is 0 Å². The normalized spacial score (nSPS) is 29.2. The molecular formula is C9H15NO. The summed E-state index contributed by atoms with van der Waals surface area (Å²) < 4.78 is 0. The van der Waals surface area contributed by atoms with Crippen molar-refractivity contribution in [3.05, 3.63) is 0 Å². The second-order valence-corrected chi connectivity index (χ2v) is 4.04. The van der Waals surface area contributed by atoms with Crippen LogP contribution in [0.15, 0.2) is 0 Å². The van der Waals surface area contributed by atoms with E-state index >= 15 is 0 Å². The topological polar surface area (TPSA) is 29.1 Å². The summed E-state index contributed by atoms with van der Waals surface area (Å²) in [5.41, 5.74) is 0.225. The quantitative estimate of drug-likeness (QED) is 0.606. The van der Waals surface area contributed by atoms with E-state index in [1.807, 2.05) is 0 Å². The monoisotopic (exact) mass is 153 g/mol. The lowest BCUT2D eigenvalue weighted by Crippen LogP contribution is -2.37. The number of nitrogens with one attached hydrogen (secondary N) is 1. The Bertz CT molecular complexity index is 170. The van der Waals surface area contributed by atoms with E-state index in [1.54, 1.807) is 0 Å². The van der Waals surface area contributed by atoms with Crippen LogP contribution >= 0.6 is 0 Å². The van der Waals surface area contributed by atoms with Gasteiger partial charge < -0.3 is 5.32 Å². The fourth-order valence-corrected chi connectivity index (χ4v) is 2.03. The van der Waals surface area contributed by atoms with Crippen molar-refractivity contribution in [1.29, 1.82) is 0 Å². The van der Waals surface area contributed by atoms with Gasteiger partial charge in [0.1, 0.15) is 0 Å². The van der Waals surface area contributed by atoms with Crippen molar-refractivity contribution in [2.24, 2.45) is 11.8 Å². The Kier molecular flexibility index (Phi) is 1.44. The number of carbonyl (C=O) groups excluding carboxylic acids is 1. The average molecular weight is 153 g/mol. The molecule has 0 bridgehead atoms. The zero-order chi connectivity index (χ0) is 7.90. The summed E-state index contributed by atoms with van der Waals surface area (Å²) in [6, 6.07) is 0. The summed E-state index contributed by atoms with van der Waals surface area (Å²) >= 11 is 0. The second kappa shape index (κ2) is 2.23. The molecule has 2 fully saturated rings. The Morgan fingerprint density at radius 2 is 2.18 bits per heavy atom. The largest absolute Gasteiger partial charge is 0.353 e. The number of hydrogen-bond acceptors (Lipinski definition) is 1. The zero-order valence-corrected chi connectivity index (χ0v) is 6.97. The van der Waals surface area contributed by atoms with E-state index in [2.05, 4.69) is 12.2 Å². The van der Waals surface area contributed by atoms with Crippen molar-refractivity contribution < 1.29 is 4.79 Å². The van der Waals surface area contributed by atoms with Gasteiger partial charge in [-0.25, -0.2) is 0 Å². The molecule has 2 heteroatoms. The van der Waals surface area contributed by atoms with Gasteiger partial charge in [-0.05, 0) is 37.5 Å². The maximum atomic E-state index is 10.3. The van der Waals surface area contributed by atoms with Gasteiger partial charge in [0.15, 0.2) is 0 Å². The van der Waals surface area contributed by atoms with Crippen LogP contribution in [0.2, 0.25) is 0 Å². The van der Waals surface area contributed by atoms with Crippen LogP contribution in [0.25, 0.3) is 0 Å². The van der Waals surface area contributed by atoms with Crippen molar-refractivity contribution in [3.8, 4) is 0 Å². The number of hydrogen-bond donors (Lipinski definition) is 1. The van der Waals surface area contributed by atoms with Crippen LogP contribution in [0, 0.1) is 11.8 Å². The third-order valence-electron chi connectivity index (χ3n) is 3.34. The van der Waals surface area contributed by atoms with Gasteiger partial charge in [0, 0.05) is 5.54 Å². The fraction of sp³-hybridized carbons (Fsp3) is 0.889. The Labute approximate surface area is 67.4 Å². The van der Waals surface area contributed by atoms with Gasteiger partial charge in [-0.15, -0.1) is 0 Å². The first kappa shape index (κ1) is 7.14. The van der Waals surface area contributed by atoms with Crippen LogP contribution in [-0.2, 0) is 4.79 Å². The molecule has 11 heavy (non-hydrogen) atoms. The molecular weight excluding hydrogens is 138 g/mol. The molecule has 0 radical (unpaired) electrons. The molecule has 0 heterocycles. The first-order valence-corrected chi connectivity index (χ1v) is 4.50. The molecule has 1 N–H and O–H groups in total. The Balaban J connectivity index is 1.95. The van der Waals surface area contributed by atoms with Crippen LogP contribution in [0.4, 0.5) is 0 Å². The highest BCUT2D eigenvalue weighted by molar-refractivity contribution is 5.49. The lowest BCUT2D eigenvalue weighted by molar-refractivity contribution is -0.110. The third kappa shape index (κ3) is 1.15. The summed E-state index contributed by atoms with van der Waals surface area (Å²) in [6.07, 6.45) is 6.02. The smallest absolute Gasteiger partial charge is 0.207 e. The van der Waals surface area contributed by atoms with Gasteiger partial charge in [0.05, 0.1) is 0 Å². The van der Waals surface area contributed by atoms with E-state index in [4.69, 9.17) is 0 Å². The van der Waals surface area contributed by atoms with E-state index in [0.717, 1.165) is 12.3 Å². The van der Waals surface area contributed by atoms with Gasteiger partial charge in [0.2, 0.25) is 6.41 Å². The zero-order valence-electron chi connectivity index (χ0n) is 6.97. The van der Waals surface area contributed by atoms with Gasteiger partial charge in [-0.2, -0.15) is 0 Å². The molecule has 62 valence electrons. The number of carbonyl (C=O) groups is 1. The number of amides is 1. The van der Waals surface area contributed by atoms with Gasteiger partial charge in [-0.3, -0.25) is 4.79 Å². The molecule has 0 saturated heterocycles. The van der Waals surface area contributed by atoms with Crippen LogP contribution in [0.1, 0.15) is 32.6 Å². The molecule has 0 aliphatic heterocycles. The minimum atomic E-state index is 0.225. The van der Waals surface area contributed by atoms with E-state index in [-0.39, 0.29) is 5.54 Å². The van der Waals surface area contributed by atoms with Gasteiger partial charge >= 0.3 is 0 Å². The van der Waals surface area contributed by atoms with E-state index in [0.29, 0.717) is 5.92 Å². The van der Waals surface area contributed by atoms with Crippen molar-refractivity contribution in [2.45, 2.75) is 38.1 Å². The fourth-order valence-electron chi connectivity index (χ4n) is 2.03. The van der Waals surface area contributed by atoms with Gasteiger partial charge in [-0.1, -0.05) is 6.92 Å². The highest BCUT2D eigenvalue weighted by Crippen LogP contribution is 2.51. The highest BCUT2D eigenvalue weighted by Gasteiger charge is 2.51. The summed E-state index contributed by atoms with van der Waals surface area (Å²) in [6.45, 7) is 2.28. The molecule has 2 rings (SSSR count). The molecule has 2 saturated carbocycles. The maximum absolute atomic E-state index is 10.3. The SMILES string of the molecule is CC(C1CC1)C1(NC=O)CC1. The minimum Gasteiger partial charge on any atom is -0.353 e. The van der Waals surface area contributed by atoms with Crippen molar-refractivity contribution in [3.63, 3.8) is 0 Å². The molecule has 2 nitrogen and oxygen atoms in total. The van der Waals surface area contributed by atoms with E-state index < -0.39 is 0 Å². The first-order valence-electron chi connectivity index (χ1n) is 4.50. The summed E-state index contributed by atoms with van der Waals surface area (Å²) in [5.74, 6) is 1.62. The molecule has 2 aliphatic carbocycles. The summed E-state index contributed by atoms with van der Waals surface area (Å²) in [4.78, 5) is 10.3. The lowest BCUT2D eigenvalue weighted by Gasteiger charge is -2.22. The molecule has 1 amide bonds. The summed E-state index contributed by atoms with van der Waals surface area (Å²) in [7, 11) is 0. The van der Waals surface area contributed by atoms with Crippen LogP contribution in [0.3, 0.4) is 0 Å².